The molecule has 14 aliphatic rings. The Bertz CT molecular complexity index is 2470. The molecule has 20 rings (SSSR count). The summed E-state index contributed by atoms with van der Waals surface area (Å²) in [5.41, 5.74) is 13.8. The van der Waals surface area contributed by atoms with Crippen molar-refractivity contribution in [1.82, 2.24) is 0 Å². The molecule has 18 bridgehead atoms. The lowest BCUT2D eigenvalue weighted by molar-refractivity contribution is 0.263. The van der Waals surface area contributed by atoms with Crippen LogP contribution < -0.4 is 56.8 Å². The summed E-state index contributed by atoms with van der Waals surface area (Å²) >= 11 is 0. The lowest BCUT2D eigenvalue weighted by atomic mass is 9.94. The van der Waals surface area contributed by atoms with Crippen LogP contribution in [-0.4, -0.2) is 82.3 Å². The van der Waals surface area contributed by atoms with Crippen molar-refractivity contribution < 1.29 is 56.8 Å². The number of hydrogen-bond acceptors (Lipinski definition) is 12. The average Bonchev–Trinajstić information content (AvgIpc) is 3.52. The van der Waals surface area contributed by atoms with E-state index in [2.05, 4.69) is 72.8 Å². The van der Waals surface area contributed by atoms with Gasteiger partial charge < -0.3 is 56.8 Å². The second-order valence-corrected chi connectivity index (χ2v) is 20.0. The van der Waals surface area contributed by atoms with Crippen molar-refractivity contribution in [1.29, 1.82) is 0 Å². The van der Waals surface area contributed by atoms with Crippen molar-refractivity contribution in [3.05, 3.63) is 140 Å². The molecule has 396 valence electrons. The van der Waals surface area contributed by atoms with Crippen molar-refractivity contribution in [3.63, 3.8) is 0 Å². The molecular weight excluding hydrogens is 949 g/mol. The van der Waals surface area contributed by atoms with Gasteiger partial charge in [0.1, 0.15) is 0 Å². The zero-order valence-corrected chi connectivity index (χ0v) is 44.7. The van der Waals surface area contributed by atoms with E-state index in [1.807, 2.05) is 0 Å². The molecule has 0 saturated heterocycles. The van der Waals surface area contributed by atoms with E-state index in [0.717, 1.165) is 159 Å². The average molecular weight is 1020 g/mol. The smallest absolute Gasteiger partial charge is 0.161 e. The van der Waals surface area contributed by atoms with Gasteiger partial charge >= 0.3 is 0 Å². The van der Waals surface area contributed by atoms with E-state index in [1.54, 1.807) is 42.7 Å². The molecule has 0 saturated carbocycles. The third kappa shape index (κ3) is 11.8. The highest BCUT2D eigenvalue weighted by Gasteiger charge is 2.26. The molecule has 6 aromatic rings. The van der Waals surface area contributed by atoms with Crippen LogP contribution in [0.5, 0.6) is 69.0 Å². The minimum atomic E-state index is 0.529. The Balaban J connectivity index is 1.08. The number of rotatable bonds is 6. The maximum absolute atomic E-state index is 6.60. The van der Waals surface area contributed by atoms with Crippen molar-refractivity contribution in [2.75, 3.05) is 82.3 Å². The predicted molar refractivity (Wildman–Crippen MR) is 289 cm³/mol. The van der Waals surface area contributed by atoms with Crippen molar-refractivity contribution in [3.8, 4) is 69.0 Å². The van der Waals surface area contributed by atoms with Crippen LogP contribution in [0.4, 0.5) is 0 Å². The van der Waals surface area contributed by atoms with Crippen LogP contribution in [0.3, 0.4) is 0 Å². The minimum Gasteiger partial charge on any atom is -0.493 e. The first-order valence-corrected chi connectivity index (χ1v) is 26.8. The first-order chi connectivity index (χ1) is 36.8. The quantitative estimate of drug-likeness (QED) is 0.158. The van der Waals surface area contributed by atoms with Gasteiger partial charge in [-0.1, -0.05) is 0 Å². The molecule has 12 aliphatic heterocycles. The predicted octanol–water partition coefficient (Wildman–Crippen LogP) is 12.4. The van der Waals surface area contributed by atoms with Gasteiger partial charge in [-0.05, 0) is 236 Å². The summed E-state index contributed by atoms with van der Waals surface area (Å²) in [7, 11) is 10.3. The van der Waals surface area contributed by atoms with E-state index in [0.29, 0.717) is 113 Å². The molecular formula is C63H72O12. The molecule has 0 amide bonds. The van der Waals surface area contributed by atoms with Crippen LogP contribution in [0.1, 0.15) is 125 Å². The second-order valence-electron chi connectivity index (χ2n) is 20.0. The maximum Gasteiger partial charge on any atom is 0.161 e. The molecule has 0 aromatic heterocycles. The first kappa shape index (κ1) is 51.4. The van der Waals surface area contributed by atoms with Crippen LogP contribution in [0, 0.1) is 0 Å². The molecule has 0 unspecified atom stereocenters. The normalized spacial score (nSPS) is 15.9. The molecule has 2 aliphatic carbocycles. The van der Waals surface area contributed by atoms with Crippen LogP contribution in [0.2, 0.25) is 0 Å². The molecule has 12 heterocycles. The minimum absolute atomic E-state index is 0.529. The molecule has 6 aromatic carbocycles. The first-order valence-electron chi connectivity index (χ1n) is 26.8. The highest BCUT2D eigenvalue weighted by Crippen LogP contribution is 2.44. The Hall–Kier alpha value is -7.08. The van der Waals surface area contributed by atoms with E-state index in [-0.39, 0.29) is 0 Å². The van der Waals surface area contributed by atoms with Crippen LogP contribution in [0.25, 0.3) is 0 Å². The van der Waals surface area contributed by atoms with Crippen LogP contribution >= 0.6 is 0 Å². The highest BCUT2D eigenvalue weighted by atomic mass is 16.5. The van der Waals surface area contributed by atoms with Crippen molar-refractivity contribution in [2.45, 2.75) is 96.3 Å². The Morgan fingerprint density at radius 1 is 0.213 bits per heavy atom. The molecule has 12 heteroatoms. The summed E-state index contributed by atoms with van der Waals surface area (Å²) in [5, 5.41) is 0. The van der Waals surface area contributed by atoms with Gasteiger partial charge in [0, 0.05) is 0 Å². The van der Waals surface area contributed by atoms with Gasteiger partial charge in [0.15, 0.2) is 69.0 Å². The summed E-state index contributed by atoms with van der Waals surface area (Å²) in [6.45, 7) is 3.18. The third-order valence-corrected chi connectivity index (χ3v) is 15.1. The van der Waals surface area contributed by atoms with Crippen LogP contribution in [-0.2, 0) is 38.5 Å². The fourth-order valence-electron chi connectivity index (χ4n) is 10.9. The van der Waals surface area contributed by atoms with E-state index in [1.165, 1.54) is 0 Å². The van der Waals surface area contributed by atoms with Gasteiger partial charge in [0.2, 0.25) is 0 Å². The Kier molecular flexibility index (Phi) is 16.5. The molecule has 0 atom stereocenters. The summed E-state index contributed by atoms with van der Waals surface area (Å²) in [5.74, 6) is 8.59. The van der Waals surface area contributed by atoms with Gasteiger partial charge in [0.25, 0.3) is 0 Å². The maximum atomic E-state index is 6.60. The number of methoxy groups -OCH3 is 6. The molecule has 0 N–H and O–H groups in total. The van der Waals surface area contributed by atoms with E-state index >= 15 is 0 Å². The zero-order chi connectivity index (χ0) is 51.7. The Morgan fingerprint density at radius 3 is 0.507 bits per heavy atom. The largest absolute Gasteiger partial charge is 0.493 e. The van der Waals surface area contributed by atoms with Gasteiger partial charge in [-0.2, -0.15) is 0 Å². The zero-order valence-electron chi connectivity index (χ0n) is 44.7. The van der Waals surface area contributed by atoms with Gasteiger partial charge in [-0.3, -0.25) is 0 Å². The van der Waals surface area contributed by atoms with Crippen molar-refractivity contribution >= 4 is 0 Å². The summed E-state index contributed by atoms with van der Waals surface area (Å²) in [6.07, 6.45) is 11.7. The van der Waals surface area contributed by atoms with E-state index in [9.17, 15) is 0 Å². The van der Waals surface area contributed by atoms with Gasteiger partial charge in [0.05, 0.1) is 82.3 Å². The molecule has 75 heavy (non-hydrogen) atoms. The second kappa shape index (κ2) is 24.1. The Labute approximate surface area is 442 Å². The summed E-state index contributed by atoms with van der Waals surface area (Å²) in [4.78, 5) is 0. The van der Waals surface area contributed by atoms with Gasteiger partial charge in [-0.15, -0.1) is 0 Å². The SMILES string of the molecule is COc1cc2c3cc1OCCCCCOc1cc4c(cc1OC)Cc1cc5c(OC)cc1Cc1cc(c(OC)cc1C4)OCCCCCOc1cc(c(cc1OC)Cc1cc(c(OC)cc1C3)OCCCCCO5)C2. The van der Waals surface area contributed by atoms with E-state index < -0.39 is 0 Å². The number of ether oxygens (including phenoxy) is 12. The lowest BCUT2D eigenvalue weighted by Crippen LogP contribution is -2.07. The molecule has 0 fully saturated rings. The standard InChI is InChI=1S/C63H72O12/c1-64-52-28-40-22-47-35-59-54(66-3)30-42(47)24-48-36-60-53(65-2)29-41(48)23-46(40)34-58(52)70-16-10-7-11-17-72-61-37-49-25-44-32-56(68-5)62(74-20-13-8-12-18-71-59)39-51(44)27-45-33-57(69-6)63(75-21-15-9-14-19-73-60)38-50(45)26-43(49)31-55(61)67-4/h28-39H,7-27H2,1-6H3. The Morgan fingerprint density at radius 2 is 0.360 bits per heavy atom. The fourth-order valence-corrected chi connectivity index (χ4v) is 10.9. The van der Waals surface area contributed by atoms with Crippen LogP contribution in [0.15, 0.2) is 72.8 Å². The molecule has 0 radical (unpaired) electrons. The molecule has 0 spiro atoms. The van der Waals surface area contributed by atoms with Crippen molar-refractivity contribution in [2.24, 2.45) is 0 Å². The van der Waals surface area contributed by atoms with E-state index in [4.69, 9.17) is 56.8 Å². The summed E-state index contributed by atoms with van der Waals surface area (Å²) < 4.78 is 76.0. The number of benzene rings is 6. The van der Waals surface area contributed by atoms with Gasteiger partial charge in [-0.25, -0.2) is 0 Å². The highest BCUT2D eigenvalue weighted by molar-refractivity contribution is 5.60. The third-order valence-electron chi connectivity index (χ3n) is 15.1. The molecule has 12 nitrogen and oxygen atoms in total. The fraction of sp³-hybridized carbons (Fsp3) is 0.429. The number of hydrogen-bond donors (Lipinski definition) is 0. The lowest BCUT2D eigenvalue weighted by Gasteiger charge is -2.19. The topological polar surface area (TPSA) is 111 Å². The monoisotopic (exact) mass is 1020 g/mol. The summed E-state index contributed by atoms with van der Waals surface area (Å²) in [6, 6.07) is 25.9.